The van der Waals surface area contributed by atoms with Crippen molar-refractivity contribution in [1.82, 2.24) is 10.6 Å². The molecule has 0 spiro atoms. The van der Waals surface area contributed by atoms with Gasteiger partial charge in [-0.15, -0.1) is 0 Å². The molecule has 1 aliphatic carbocycles. The SMILES string of the molecule is COC1CCCC1NC(=O)NC(=O)COCC(=O)O. The lowest BCUT2D eigenvalue weighted by molar-refractivity contribution is -0.143. The van der Waals surface area contributed by atoms with Crippen molar-refractivity contribution >= 4 is 17.9 Å². The van der Waals surface area contributed by atoms with Crippen molar-refractivity contribution in [1.29, 1.82) is 0 Å². The molecular formula is C11H18N2O6. The third kappa shape index (κ3) is 5.66. The lowest BCUT2D eigenvalue weighted by atomic mass is 10.2. The van der Waals surface area contributed by atoms with Gasteiger partial charge in [0.2, 0.25) is 0 Å². The van der Waals surface area contributed by atoms with Gasteiger partial charge in [-0.3, -0.25) is 10.1 Å². The first-order valence-corrected chi connectivity index (χ1v) is 5.95. The summed E-state index contributed by atoms with van der Waals surface area (Å²) in [5, 5.41) is 13.0. The highest BCUT2D eigenvalue weighted by Gasteiger charge is 2.28. The summed E-state index contributed by atoms with van der Waals surface area (Å²) in [5.74, 6) is -1.86. The zero-order chi connectivity index (χ0) is 14.3. The Balaban J connectivity index is 2.23. The lowest BCUT2D eigenvalue weighted by Crippen LogP contribution is -2.48. The third-order valence-electron chi connectivity index (χ3n) is 2.78. The van der Waals surface area contributed by atoms with Gasteiger partial charge in [0.1, 0.15) is 13.2 Å². The van der Waals surface area contributed by atoms with Crippen LogP contribution in [0.3, 0.4) is 0 Å². The summed E-state index contributed by atoms with van der Waals surface area (Å²) in [7, 11) is 1.58. The van der Waals surface area contributed by atoms with E-state index in [0.717, 1.165) is 19.3 Å². The molecule has 2 unspecified atom stereocenters. The van der Waals surface area contributed by atoms with Gasteiger partial charge in [0.05, 0.1) is 12.1 Å². The highest BCUT2D eigenvalue weighted by atomic mass is 16.5. The second-order valence-electron chi connectivity index (χ2n) is 4.22. The number of aliphatic carboxylic acids is 1. The summed E-state index contributed by atoms with van der Waals surface area (Å²) in [4.78, 5) is 32.9. The Kier molecular flexibility index (Phi) is 6.23. The Morgan fingerprint density at radius 3 is 2.63 bits per heavy atom. The molecule has 0 bridgehead atoms. The predicted octanol–water partition coefficient (Wildman–Crippen LogP) is -0.519. The topological polar surface area (TPSA) is 114 Å². The second kappa shape index (κ2) is 7.70. The largest absolute Gasteiger partial charge is 0.480 e. The molecule has 1 rings (SSSR count). The minimum atomic E-state index is -1.17. The summed E-state index contributed by atoms with van der Waals surface area (Å²) >= 11 is 0. The maximum Gasteiger partial charge on any atom is 0.329 e. The third-order valence-corrected chi connectivity index (χ3v) is 2.78. The molecule has 1 fully saturated rings. The highest BCUT2D eigenvalue weighted by Crippen LogP contribution is 2.21. The molecule has 2 atom stereocenters. The van der Waals surface area contributed by atoms with E-state index in [-0.39, 0.29) is 12.1 Å². The van der Waals surface area contributed by atoms with Crippen molar-refractivity contribution in [3.8, 4) is 0 Å². The Bertz CT molecular complexity index is 346. The molecule has 0 radical (unpaired) electrons. The van der Waals surface area contributed by atoms with Crippen LogP contribution in [-0.4, -0.2) is 55.5 Å². The Hall–Kier alpha value is -1.67. The van der Waals surface area contributed by atoms with E-state index >= 15 is 0 Å². The van der Waals surface area contributed by atoms with E-state index in [2.05, 4.69) is 15.4 Å². The van der Waals surface area contributed by atoms with E-state index in [9.17, 15) is 14.4 Å². The van der Waals surface area contributed by atoms with Crippen molar-refractivity contribution in [3.63, 3.8) is 0 Å². The fourth-order valence-corrected chi connectivity index (χ4v) is 1.97. The molecule has 8 heteroatoms. The molecule has 108 valence electrons. The number of amides is 3. The van der Waals surface area contributed by atoms with E-state index in [1.165, 1.54) is 0 Å². The highest BCUT2D eigenvalue weighted by molar-refractivity contribution is 5.95. The number of hydrogen-bond donors (Lipinski definition) is 3. The van der Waals surface area contributed by atoms with Crippen LogP contribution in [0.4, 0.5) is 4.79 Å². The first-order chi connectivity index (χ1) is 9.02. The predicted molar refractivity (Wildman–Crippen MR) is 63.6 cm³/mol. The number of nitrogens with one attached hydrogen (secondary N) is 2. The van der Waals surface area contributed by atoms with Crippen LogP contribution in [0.5, 0.6) is 0 Å². The van der Waals surface area contributed by atoms with Gasteiger partial charge in [0, 0.05) is 7.11 Å². The van der Waals surface area contributed by atoms with Gasteiger partial charge in [-0.05, 0) is 19.3 Å². The van der Waals surface area contributed by atoms with Crippen LogP contribution in [0.25, 0.3) is 0 Å². The average molecular weight is 274 g/mol. The molecule has 19 heavy (non-hydrogen) atoms. The lowest BCUT2D eigenvalue weighted by Gasteiger charge is -2.19. The van der Waals surface area contributed by atoms with E-state index in [1.54, 1.807) is 7.11 Å². The number of urea groups is 1. The van der Waals surface area contributed by atoms with Gasteiger partial charge in [-0.1, -0.05) is 0 Å². The number of carboxylic acids is 1. The van der Waals surface area contributed by atoms with E-state index < -0.39 is 31.1 Å². The van der Waals surface area contributed by atoms with Crippen LogP contribution >= 0.6 is 0 Å². The molecule has 3 amide bonds. The fourth-order valence-electron chi connectivity index (χ4n) is 1.97. The summed E-state index contributed by atoms with van der Waals surface area (Å²) < 4.78 is 9.76. The number of rotatable bonds is 6. The van der Waals surface area contributed by atoms with Gasteiger partial charge < -0.3 is 19.9 Å². The summed E-state index contributed by atoms with van der Waals surface area (Å²) in [6, 6.07) is -0.740. The van der Waals surface area contributed by atoms with Crippen LogP contribution in [-0.2, 0) is 19.1 Å². The summed E-state index contributed by atoms with van der Waals surface area (Å²) in [6.45, 7) is -1.05. The minimum Gasteiger partial charge on any atom is -0.480 e. The number of methoxy groups -OCH3 is 1. The van der Waals surface area contributed by atoms with Crippen molar-refractivity contribution in [3.05, 3.63) is 0 Å². The smallest absolute Gasteiger partial charge is 0.329 e. The van der Waals surface area contributed by atoms with Crippen molar-refractivity contribution < 1.29 is 29.0 Å². The van der Waals surface area contributed by atoms with Gasteiger partial charge >= 0.3 is 12.0 Å². The zero-order valence-corrected chi connectivity index (χ0v) is 10.7. The fraction of sp³-hybridized carbons (Fsp3) is 0.727. The van der Waals surface area contributed by atoms with Crippen LogP contribution in [0.15, 0.2) is 0 Å². The van der Waals surface area contributed by atoms with E-state index in [4.69, 9.17) is 9.84 Å². The molecule has 0 aromatic rings. The molecule has 1 saturated carbocycles. The van der Waals surface area contributed by atoms with Crippen molar-refractivity contribution in [2.45, 2.75) is 31.4 Å². The number of carbonyl (C=O) groups excluding carboxylic acids is 2. The minimum absolute atomic E-state index is 0.0379. The number of imide groups is 1. The van der Waals surface area contributed by atoms with Crippen LogP contribution in [0, 0.1) is 0 Å². The van der Waals surface area contributed by atoms with Gasteiger partial charge in [0.25, 0.3) is 5.91 Å². The Morgan fingerprint density at radius 2 is 2.00 bits per heavy atom. The van der Waals surface area contributed by atoms with Crippen LogP contribution in [0.2, 0.25) is 0 Å². The number of carbonyl (C=O) groups is 3. The summed E-state index contributed by atoms with van der Waals surface area (Å²) in [5.41, 5.74) is 0. The maximum atomic E-state index is 11.5. The van der Waals surface area contributed by atoms with Crippen LogP contribution in [0.1, 0.15) is 19.3 Å². The summed E-state index contributed by atoms with van der Waals surface area (Å²) in [6.07, 6.45) is 2.59. The molecule has 0 aliphatic heterocycles. The average Bonchev–Trinajstić information content (AvgIpc) is 2.75. The Morgan fingerprint density at radius 1 is 1.26 bits per heavy atom. The molecule has 0 aromatic heterocycles. The first-order valence-electron chi connectivity index (χ1n) is 5.95. The van der Waals surface area contributed by atoms with Crippen molar-refractivity contribution in [2.75, 3.05) is 20.3 Å². The normalized spacial score (nSPS) is 21.9. The van der Waals surface area contributed by atoms with Crippen molar-refractivity contribution in [2.24, 2.45) is 0 Å². The molecule has 0 aromatic carbocycles. The Labute approximate surface area is 110 Å². The molecule has 0 saturated heterocycles. The standard InChI is InChI=1S/C11H18N2O6/c1-18-8-4-2-3-7(8)12-11(17)13-9(14)5-19-6-10(15)16/h7-8H,2-6H2,1H3,(H,15,16)(H2,12,13,14,17). The van der Waals surface area contributed by atoms with Gasteiger partial charge in [-0.25, -0.2) is 9.59 Å². The molecular weight excluding hydrogens is 256 g/mol. The maximum absolute atomic E-state index is 11.5. The molecule has 0 heterocycles. The van der Waals surface area contributed by atoms with E-state index in [1.807, 2.05) is 0 Å². The number of carboxylic acid groups (broad SMARTS) is 1. The number of hydrogen-bond acceptors (Lipinski definition) is 5. The quantitative estimate of drug-likeness (QED) is 0.600. The van der Waals surface area contributed by atoms with Gasteiger partial charge in [-0.2, -0.15) is 0 Å². The molecule has 1 aliphatic rings. The van der Waals surface area contributed by atoms with E-state index in [0.29, 0.717) is 0 Å². The molecule has 3 N–H and O–H groups in total. The molecule has 8 nitrogen and oxygen atoms in total. The first kappa shape index (κ1) is 15.4. The second-order valence-corrected chi connectivity index (χ2v) is 4.22. The van der Waals surface area contributed by atoms with Gasteiger partial charge in [0.15, 0.2) is 0 Å². The zero-order valence-electron chi connectivity index (χ0n) is 10.7. The monoisotopic (exact) mass is 274 g/mol. The number of ether oxygens (including phenoxy) is 2. The van der Waals surface area contributed by atoms with Crippen LogP contribution < -0.4 is 10.6 Å².